The number of hydrogen-bond acceptors (Lipinski definition) is 5. The van der Waals surface area contributed by atoms with Crippen LogP contribution >= 0.6 is 0 Å². The predicted octanol–water partition coefficient (Wildman–Crippen LogP) is -0.133. The number of nitrogens with zero attached hydrogens (tertiary/aromatic N) is 3. The summed E-state index contributed by atoms with van der Waals surface area (Å²) < 4.78 is 25.5. The van der Waals surface area contributed by atoms with Crippen molar-refractivity contribution < 1.29 is 8.42 Å². The van der Waals surface area contributed by atoms with Crippen LogP contribution in [0.5, 0.6) is 0 Å². The van der Waals surface area contributed by atoms with Crippen molar-refractivity contribution in [1.29, 1.82) is 0 Å². The molecule has 2 N–H and O–H groups in total. The van der Waals surface area contributed by atoms with E-state index < -0.39 is 10.0 Å². The van der Waals surface area contributed by atoms with Crippen molar-refractivity contribution in [3.63, 3.8) is 0 Å². The van der Waals surface area contributed by atoms with Crippen LogP contribution in [0.3, 0.4) is 0 Å². The Labute approximate surface area is 93.5 Å². The third-order valence-corrected chi connectivity index (χ3v) is 5.24. The minimum atomic E-state index is -3.12. The molecule has 0 radical (unpaired) electrons. The molecule has 7 heteroatoms. The van der Waals surface area contributed by atoms with Crippen molar-refractivity contribution in [3.05, 3.63) is 17.5 Å². The van der Waals surface area contributed by atoms with Gasteiger partial charge in [0.15, 0.2) is 0 Å². The Kier molecular flexibility index (Phi) is 1.96. The Hall–Kier alpha value is -1.21. The highest BCUT2D eigenvalue weighted by molar-refractivity contribution is 7.90. The van der Waals surface area contributed by atoms with Crippen LogP contribution in [0, 0.1) is 0 Å². The highest BCUT2D eigenvalue weighted by atomic mass is 32.2. The number of rotatable bonds is 2. The van der Waals surface area contributed by atoms with Crippen LogP contribution in [0.25, 0.3) is 0 Å². The van der Waals surface area contributed by atoms with Crippen LogP contribution < -0.4 is 5.73 Å². The lowest BCUT2D eigenvalue weighted by Gasteiger charge is -2.14. The van der Waals surface area contributed by atoms with Crippen LogP contribution in [-0.4, -0.2) is 27.9 Å². The molecule has 1 fully saturated rings. The molecule has 16 heavy (non-hydrogen) atoms. The van der Waals surface area contributed by atoms with Gasteiger partial charge in [-0.05, 0) is 12.8 Å². The summed E-state index contributed by atoms with van der Waals surface area (Å²) in [6.07, 6.45) is 3.17. The Bertz CT molecular complexity index is 538. The van der Waals surface area contributed by atoms with E-state index in [0.717, 1.165) is 24.1 Å². The van der Waals surface area contributed by atoms with Crippen molar-refractivity contribution in [3.8, 4) is 0 Å². The lowest BCUT2D eigenvalue weighted by molar-refractivity contribution is 0.428. The summed E-state index contributed by atoms with van der Waals surface area (Å²) in [6, 6.07) is 0. The summed E-state index contributed by atoms with van der Waals surface area (Å²) in [5, 5.41) is -0.174. The molecule has 0 aromatic carbocycles. The molecule has 1 aliphatic heterocycles. The number of nitrogen functional groups attached to an aromatic ring is 1. The molecule has 6 nitrogen and oxygen atoms in total. The SMILES string of the molecule is Nc1ncc2c(n1)CN(S(=O)(=O)C1CC1)C2. The largest absolute Gasteiger partial charge is 0.368 e. The molecule has 0 spiro atoms. The Morgan fingerprint density at radius 2 is 2.12 bits per heavy atom. The molecule has 0 amide bonds. The fourth-order valence-electron chi connectivity index (χ4n) is 1.90. The number of sulfonamides is 1. The number of hydrogen-bond donors (Lipinski definition) is 1. The maximum Gasteiger partial charge on any atom is 0.220 e. The van der Waals surface area contributed by atoms with E-state index in [1.54, 1.807) is 6.20 Å². The first-order chi connectivity index (χ1) is 7.57. The minimum absolute atomic E-state index is 0.174. The second-order valence-corrected chi connectivity index (χ2v) is 6.43. The van der Waals surface area contributed by atoms with Crippen molar-refractivity contribution in [2.45, 2.75) is 31.2 Å². The van der Waals surface area contributed by atoms with Crippen molar-refractivity contribution in [2.24, 2.45) is 0 Å². The zero-order chi connectivity index (χ0) is 11.3. The minimum Gasteiger partial charge on any atom is -0.368 e. The van der Waals surface area contributed by atoms with Gasteiger partial charge < -0.3 is 5.73 Å². The van der Waals surface area contributed by atoms with Gasteiger partial charge in [-0.3, -0.25) is 0 Å². The average molecular weight is 240 g/mol. The first kappa shape index (κ1) is 9.98. The normalized spacial score (nSPS) is 21.0. The van der Waals surface area contributed by atoms with Gasteiger partial charge in [0, 0.05) is 18.3 Å². The van der Waals surface area contributed by atoms with Crippen LogP contribution in [0.2, 0.25) is 0 Å². The molecule has 3 rings (SSSR count). The average Bonchev–Trinajstić information content (AvgIpc) is 2.99. The van der Waals surface area contributed by atoms with E-state index >= 15 is 0 Å². The highest BCUT2D eigenvalue weighted by Gasteiger charge is 2.42. The Morgan fingerprint density at radius 3 is 2.81 bits per heavy atom. The molecule has 0 unspecified atom stereocenters. The van der Waals surface area contributed by atoms with E-state index in [9.17, 15) is 8.42 Å². The topological polar surface area (TPSA) is 89.2 Å². The van der Waals surface area contributed by atoms with Gasteiger partial charge in [-0.15, -0.1) is 0 Å². The van der Waals surface area contributed by atoms with Gasteiger partial charge in [0.1, 0.15) is 0 Å². The number of anilines is 1. The second-order valence-electron chi connectivity index (χ2n) is 4.21. The van der Waals surface area contributed by atoms with Crippen molar-refractivity contribution in [2.75, 3.05) is 5.73 Å². The van der Waals surface area contributed by atoms with Crippen LogP contribution in [0.15, 0.2) is 6.20 Å². The van der Waals surface area contributed by atoms with Crippen molar-refractivity contribution >= 4 is 16.0 Å². The standard InChI is InChI=1S/C9H12N4O2S/c10-9-11-3-6-4-13(5-8(6)12-9)16(14,15)7-1-2-7/h3,7H,1-2,4-5H2,(H2,10,11,12). The van der Waals surface area contributed by atoms with Gasteiger partial charge in [-0.25, -0.2) is 18.4 Å². The van der Waals surface area contributed by atoms with E-state index in [1.807, 2.05) is 0 Å². The van der Waals surface area contributed by atoms with Crippen molar-refractivity contribution in [1.82, 2.24) is 14.3 Å². The lowest BCUT2D eigenvalue weighted by Crippen LogP contribution is -2.28. The van der Waals surface area contributed by atoms with Crippen LogP contribution in [0.1, 0.15) is 24.1 Å². The quantitative estimate of drug-likeness (QED) is 0.777. The molecular formula is C9H12N4O2S. The van der Waals surface area contributed by atoms with Gasteiger partial charge in [0.05, 0.1) is 17.5 Å². The van der Waals surface area contributed by atoms with Gasteiger partial charge in [-0.1, -0.05) is 0 Å². The lowest BCUT2D eigenvalue weighted by atomic mass is 10.3. The molecule has 1 aromatic heterocycles. The summed E-state index contributed by atoms with van der Waals surface area (Å²) >= 11 is 0. The monoisotopic (exact) mass is 240 g/mol. The molecule has 86 valence electrons. The van der Waals surface area contributed by atoms with Gasteiger partial charge in [-0.2, -0.15) is 4.31 Å². The molecule has 2 heterocycles. The molecule has 0 atom stereocenters. The first-order valence-corrected chi connectivity index (χ1v) is 6.67. The summed E-state index contributed by atoms with van der Waals surface area (Å²) in [5.41, 5.74) is 7.06. The van der Waals surface area contributed by atoms with E-state index in [2.05, 4.69) is 9.97 Å². The summed E-state index contributed by atoms with van der Waals surface area (Å²) in [4.78, 5) is 7.93. The fraction of sp³-hybridized carbons (Fsp3) is 0.556. The highest BCUT2D eigenvalue weighted by Crippen LogP contribution is 2.34. The molecule has 2 aliphatic rings. The molecular weight excluding hydrogens is 228 g/mol. The fourth-order valence-corrected chi connectivity index (χ4v) is 3.67. The molecule has 1 aromatic rings. The van der Waals surface area contributed by atoms with Gasteiger partial charge in [0.25, 0.3) is 0 Å². The third-order valence-electron chi connectivity index (χ3n) is 2.95. The van der Waals surface area contributed by atoms with Gasteiger partial charge >= 0.3 is 0 Å². The second kappa shape index (κ2) is 3.14. The first-order valence-electron chi connectivity index (χ1n) is 5.16. The number of nitrogens with two attached hydrogens (primary N) is 1. The molecule has 1 aliphatic carbocycles. The predicted molar refractivity (Wildman–Crippen MR) is 57.6 cm³/mol. The summed E-state index contributed by atoms with van der Waals surface area (Å²) in [5.74, 6) is 0.199. The Morgan fingerprint density at radius 1 is 1.38 bits per heavy atom. The maximum atomic E-state index is 12.0. The number of fused-ring (bicyclic) bond motifs is 1. The number of aromatic nitrogens is 2. The zero-order valence-corrected chi connectivity index (χ0v) is 9.44. The molecule has 0 bridgehead atoms. The Balaban J connectivity index is 1.90. The third kappa shape index (κ3) is 1.47. The summed E-state index contributed by atoms with van der Waals surface area (Å²) in [6.45, 7) is 0.718. The maximum absolute atomic E-state index is 12.0. The molecule has 1 saturated carbocycles. The smallest absolute Gasteiger partial charge is 0.220 e. The van der Waals surface area contributed by atoms with Crippen LogP contribution in [-0.2, 0) is 23.1 Å². The molecule has 0 saturated heterocycles. The van der Waals surface area contributed by atoms with E-state index in [1.165, 1.54) is 4.31 Å². The van der Waals surface area contributed by atoms with Gasteiger partial charge in [0.2, 0.25) is 16.0 Å². The van der Waals surface area contributed by atoms with E-state index in [4.69, 9.17) is 5.73 Å². The van der Waals surface area contributed by atoms with E-state index in [0.29, 0.717) is 13.1 Å². The van der Waals surface area contributed by atoms with Crippen LogP contribution in [0.4, 0.5) is 5.95 Å². The van der Waals surface area contributed by atoms with E-state index in [-0.39, 0.29) is 11.2 Å². The zero-order valence-electron chi connectivity index (χ0n) is 8.63. The summed E-state index contributed by atoms with van der Waals surface area (Å²) in [7, 11) is -3.12.